The van der Waals surface area contributed by atoms with Gasteiger partial charge in [0.2, 0.25) is 0 Å². The molecule has 0 heterocycles. The number of hydrogen-bond acceptors (Lipinski definition) is 3. The van der Waals surface area contributed by atoms with Gasteiger partial charge < -0.3 is 4.74 Å². The van der Waals surface area contributed by atoms with Gasteiger partial charge in [0.05, 0.1) is 5.92 Å². The lowest BCUT2D eigenvalue weighted by Gasteiger charge is -2.71. The molecule has 0 N–H and O–H groups in total. The number of allylic oxidation sites excluding steroid dienone is 2. The van der Waals surface area contributed by atoms with Crippen molar-refractivity contribution in [2.24, 2.45) is 62.6 Å². The van der Waals surface area contributed by atoms with Crippen LogP contribution in [0.3, 0.4) is 0 Å². The molecular formula is C35H56O3. The average molecular weight is 525 g/mol. The number of ether oxygens (including phenoxy) is 1. The van der Waals surface area contributed by atoms with Crippen LogP contribution in [0.1, 0.15) is 127 Å². The van der Waals surface area contributed by atoms with Gasteiger partial charge >= 0.3 is 5.97 Å². The number of rotatable bonds is 3. The minimum Gasteiger partial charge on any atom is -0.462 e. The van der Waals surface area contributed by atoms with Crippen molar-refractivity contribution in [3.63, 3.8) is 0 Å². The fourth-order valence-corrected chi connectivity index (χ4v) is 11.5. The third-order valence-corrected chi connectivity index (χ3v) is 14.4. The summed E-state index contributed by atoms with van der Waals surface area (Å²) in [6.45, 7) is 23.3. The Bertz CT molecular complexity index is 1020. The summed E-state index contributed by atoms with van der Waals surface area (Å²) in [6.07, 6.45) is 12.9. The number of esters is 1. The van der Waals surface area contributed by atoms with Crippen LogP contribution < -0.4 is 0 Å². The molecule has 5 aliphatic carbocycles. The Labute approximate surface area is 233 Å². The molecule has 0 aromatic carbocycles. The Morgan fingerprint density at radius 2 is 1.58 bits per heavy atom. The van der Waals surface area contributed by atoms with Gasteiger partial charge in [0, 0.05) is 10.8 Å². The zero-order valence-electron chi connectivity index (χ0n) is 26.2. The molecule has 38 heavy (non-hydrogen) atoms. The van der Waals surface area contributed by atoms with Crippen LogP contribution in [0.5, 0.6) is 0 Å². The SMILES string of the molecule is CC(=O)[C@]12CC[C@@H](C)[C@H](C)C1C1=CCC3[C@@]4(C)CC[C@H](OC(=O)C(C)C)C(C)(C)C4CC[C@@]3(C)[C@]1(C)CC2. The molecule has 0 aromatic rings. The maximum Gasteiger partial charge on any atom is 0.308 e. The molecule has 3 nitrogen and oxygen atoms in total. The Kier molecular flexibility index (Phi) is 6.68. The molecular weight excluding hydrogens is 468 g/mol. The van der Waals surface area contributed by atoms with E-state index in [2.05, 4.69) is 54.5 Å². The van der Waals surface area contributed by atoms with E-state index < -0.39 is 0 Å². The van der Waals surface area contributed by atoms with E-state index in [9.17, 15) is 9.59 Å². The Morgan fingerprint density at radius 3 is 2.21 bits per heavy atom. The van der Waals surface area contributed by atoms with Gasteiger partial charge in [-0.15, -0.1) is 0 Å². The molecule has 0 saturated heterocycles. The summed E-state index contributed by atoms with van der Waals surface area (Å²) in [7, 11) is 0. The number of ketones is 1. The fraction of sp³-hybridized carbons (Fsp3) is 0.886. The second-order valence-electron chi connectivity index (χ2n) is 16.3. The molecule has 0 bridgehead atoms. The third-order valence-electron chi connectivity index (χ3n) is 14.4. The predicted molar refractivity (Wildman–Crippen MR) is 154 cm³/mol. The van der Waals surface area contributed by atoms with Crippen LogP contribution in [0.4, 0.5) is 0 Å². The van der Waals surface area contributed by atoms with E-state index in [4.69, 9.17) is 4.74 Å². The summed E-state index contributed by atoms with van der Waals surface area (Å²) in [5.41, 5.74) is 2.14. The number of Topliss-reactive ketones (excluding diaryl/α,β-unsaturated/α-hetero) is 1. The quantitative estimate of drug-likeness (QED) is 0.274. The van der Waals surface area contributed by atoms with Gasteiger partial charge in [-0.2, -0.15) is 0 Å². The summed E-state index contributed by atoms with van der Waals surface area (Å²) in [5, 5.41) is 0. The van der Waals surface area contributed by atoms with E-state index in [1.165, 1.54) is 19.3 Å². The van der Waals surface area contributed by atoms with Crippen molar-refractivity contribution in [2.75, 3.05) is 0 Å². The van der Waals surface area contributed by atoms with Crippen molar-refractivity contribution < 1.29 is 14.3 Å². The first-order valence-electron chi connectivity index (χ1n) is 16.0. The lowest BCUT2D eigenvalue weighted by Crippen LogP contribution is -2.65. The number of carbonyl (C=O) groups is 2. The monoisotopic (exact) mass is 524 g/mol. The van der Waals surface area contributed by atoms with Gasteiger partial charge in [0.1, 0.15) is 11.9 Å². The first kappa shape index (κ1) is 28.4. The van der Waals surface area contributed by atoms with Crippen LogP contribution in [0.2, 0.25) is 0 Å². The third kappa shape index (κ3) is 3.57. The maximum absolute atomic E-state index is 13.3. The van der Waals surface area contributed by atoms with Crippen LogP contribution in [0.15, 0.2) is 11.6 Å². The standard InChI is InChI=1S/C35H56O3/c1-21(2)30(37)38-28-15-16-32(8)26(31(28,6)7)14-17-34(10)27(32)12-11-25-29-23(4)22(3)13-18-35(29,24(5)36)20-19-33(25,34)9/h11,21-23,26-29H,12-20H2,1-10H3/t22-,23+,26?,27?,28+,29?,32+,33-,34-,35-/m1/s1. The van der Waals surface area contributed by atoms with Crippen molar-refractivity contribution in [3.8, 4) is 0 Å². The lowest BCUT2D eigenvalue weighted by molar-refractivity contribution is -0.214. The molecule has 0 amide bonds. The lowest BCUT2D eigenvalue weighted by atomic mass is 9.33. The molecule has 214 valence electrons. The first-order chi connectivity index (χ1) is 17.6. The second kappa shape index (κ2) is 8.94. The van der Waals surface area contributed by atoms with E-state index in [1.807, 2.05) is 20.8 Å². The predicted octanol–water partition coefficient (Wildman–Crippen LogP) is 8.80. The van der Waals surface area contributed by atoms with Crippen LogP contribution in [-0.2, 0) is 14.3 Å². The minimum absolute atomic E-state index is 0.0144. The van der Waals surface area contributed by atoms with Crippen LogP contribution in [0.25, 0.3) is 0 Å². The van der Waals surface area contributed by atoms with Crippen molar-refractivity contribution in [1.82, 2.24) is 0 Å². The molecule has 4 saturated carbocycles. The van der Waals surface area contributed by atoms with E-state index in [1.54, 1.807) is 5.57 Å². The highest BCUT2D eigenvalue weighted by molar-refractivity contribution is 5.84. The molecule has 10 atom stereocenters. The normalized spacial score (nSPS) is 49.6. The number of fused-ring (bicyclic) bond motifs is 7. The Hall–Kier alpha value is -1.12. The second-order valence-corrected chi connectivity index (χ2v) is 16.3. The largest absolute Gasteiger partial charge is 0.462 e. The average Bonchev–Trinajstić information content (AvgIpc) is 2.83. The van der Waals surface area contributed by atoms with Gasteiger partial charge in [-0.05, 0) is 111 Å². The summed E-state index contributed by atoms with van der Waals surface area (Å²) >= 11 is 0. The van der Waals surface area contributed by atoms with Gasteiger partial charge in [0.15, 0.2) is 0 Å². The molecule has 3 unspecified atom stereocenters. The highest BCUT2D eigenvalue weighted by atomic mass is 16.5. The topological polar surface area (TPSA) is 43.4 Å². The van der Waals surface area contributed by atoms with E-state index in [0.717, 1.165) is 38.5 Å². The van der Waals surface area contributed by atoms with Crippen LogP contribution in [0, 0.1) is 62.6 Å². The Morgan fingerprint density at radius 1 is 0.895 bits per heavy atom. The molecule has 5 rings (SSSR count). The van der Waals surface area contributed by atoms with E-state index >= 15 is 0 Å². The summed E-state index contributed by atoms with van der Waals surface area (Å²) in [5.74, 6) is 3.17. The summed E-state index contributed by atoms with van der Waals surface area (Å²) in [4.78, 5) is 25.9. The zero-order valence-corrected chi connectivity index (χ0v) is 26.2. The zero-order chi connectivity index (χ0) is 28.1. The molecule has 3 heteroatoms. The van der Waals surface area contributed by atoms with Crippen molar-refractivity contribution in [2.45, 2.75) is 133 Å². The van der Waals surface area contributed by atoms with E-state index in [0.29, 0.717) is 35.4 Å². The number of hydrogen-bond donors (Lipinski definition) is 0. The summed E-state index contributed by atoms with van der Waals surface area (Å²) in [6, 6.07) is 0. The smallest absolute Gasteiger partial charge is 0.308 e. The first-order valence-corrected chi connectivity index (χ1v) is 16.0. The summed E-state index contributed by atoms with van der Waals surface area (Å²) < 4.78 is 6.16. The van der Waals surface area contributed by atoms with Crippen LogP contribution in [-0.4, -0.2) is 17.9 Å². The van der Waals surface area contributed by atoms with Gasteiger partial charge in [-0.1, -0.05) is 74.0 Å². The van der Waals surface area contributed by atoms with Crippen LogP contribution >= 0.6 is 0 Å². The van der Waals surface area contributed by atoms with Gasteiger partial charge in [-0.25, -0.2) is 0 Å². The van der Waals surface area contributed by atoms with Gasteiger partial charge in [-0.3, -0.25) is 9.59 Å². The van der Waals surface area contributed by atoms with Crippen molar-refractivity contribution >= 4 is 11.8 Å². The molecule has 4 fully saturated rings. The Balaban J connectivity index is 1.53. The highest BCUT2D eigenvalue weighted by Crippen LogP contribution is 2.75. The molecule has 0 aliphatic heterocycles. The molecule has 5 aliphatic rings. The highest BCUT2D eigenvalue weighted by Gasteiger charge is 2.69. The maximum atomic E-state index is 13.3. The van der Waals surface area contributed by atoms with Gasteiger partial charge in [0.25, 0.3) is 0 Å². The van der Waals surface area contributed by atoms with E-state index in [-0.39, 0.29) is 45.1 Å². The minimum atomic E-state index is -0.137. The molecule has 0 radical (unpaired) electrons. The van der Waals surface area contributed by atoms with Crippen molar-refractivity contribution in [3.05, 3.63) is 11.6 Å². The molecule has 0 spiro atoms. The molecule has 0 aromatic heterocycles. The fourth-order valence-electron chi connectivity index (χ4n) is 11.5. The van der Waals surface area contributed by atoms with Crippen molar-refractivity contribution in [1.29, 1.82) is 0 Å². The number of carbonyl (C=O) groups excluding carboxylic acids is 2.